The van der Waals surface area contributed by atoms with Gasteiger partial charge in [-0.15, -0.1) is 0 Å². The Balaban J connectivity index is 2.09. The van der Waals surface area contributed by atoms with Crippen molar-refractivity contribution >= 4 is 16.0 Å². The summed E-state index contributed by atoms with van der Waals surface area (Å²) >= 11 is 0. The number of rotatable bonds is 0. The fourth-order valence-electron chi connectivity index (χ4n) is 1.89. The van der Waals surface area contributed by atoms with Crippen LogP contribution in [0, 0.1) is 0 Å². The summed E-state index contributed by atoms with van der Waals surface area (Å²) < 4.78 is 0. The molecule has 0 aromatic heterocycles. The second-order valence-corrected chi connectivity index (χ2v) is 3.28. The molecule has 0 spiro atoms. The molecular weight excluding hydrogens is 122 g/mol. The summed E-state index contributed by atoms with van der Waals surface area (Å²) in [6.07, 6.45) is 2.43. The first-order valence-corrected chi connectivity index (χ1v) is 3.80. The van der Waals surface area contributed by atoms with Crippen LogP contribution in [0.1, 0.15) is 12.8 Å². The lowest BCUT2D eigenvalue weighted by Crippen LogP contribution is -2.60. The van der Waals surface area contributed by atoms with E-state index < -0.39 is 0 Å². The Labute approximate surface area is 64.4 Å². The van der Waals surface area contributed by atoms with Crippen molar-refractivity contribution < 1.29 is 0 Å². The Morgan fingerprint density at radius 2 is 1.30 bits per heavy atom. The summed E-state index contributed by atoms with van der Waals surface area (Å²) in [5.41, 5.74) is 0. The van der Waals surface area contributed by atoms with Crippen LogP contribution in [0.25, 0.3) is 0 Å². The van der Waals surface area contributed by atoms with Gasteiger partial charge in [-0.3, -0.25) is 0 Å². The molecule has 0 amide bonds. The molecule has 10 heavy (non-hydrogen) atoms. The zero-order valence-electron chi connectivity index (χ0n) is 6.03. The minimum atomic E-state index is 0.509. The lowest BCUT2D eigenvalue weighted by molar-refractivity contribution is 0.0848. The summed E-state index contributed by atoms with van der Waals surface area (Å²) in [5.74, 6) is 0. The maximum Gasteiger partial charge on any atom is 0.183 e. The van der Waals surface area contributed by atoms with E-state index in [1.807, 2.05) is 9.62 Å². The highest BCUT2D eigenvalue weighted by molar-refractivity contribution is 6.06. The van der Waals surface area contributed by atoms with E-state index in [4.69, 9.17) is 16.0 Å². The number of nitrogens with zero attached hydrogens (tertiary/aromatic N) is 2. The molecule has 3 saturated heterocycles. The molecule has 0 saturated carbocycles. The minimum Gasteiger partial charge on any atom is -0.349 e. The number of hydrogen-bond acceptors (Lipinski definition) is 2. The molecule has 2 nitrogen and oxygen atoms in total. The molecule has 0 aliphatic carbocycles. The number of hydrogen-bond donors (Lipinski definition) is 0. The molecule has 0 aromatic rings. The maximum absolute atomic E-state index is 5.73. The van der Waals surface area contributed by atoms with Crippen LogP contribution in [0.3, 0.4) is 0 Å². The van der Waals surface area contributed by atoms with E-state index in [0.29, 0.717) is 12.1 Å². The van der Waals surface area contributed by atoms with Gasteiger partial charge >= 0.3 is 0 Å². The zero-order chi connectivity index (χ0) is 7.14. The second kappa shape index (κ2) is 2.28. The van der Waals surface area contributed by atoms with Crippen molar-refractivity contribution in [3.05, 3.63) is 0 Å². The van der Waals surface area contributed by atoms with Crippen LogP contribution in [0.5, 0.6) is 0 Å². The fourth-order valence-corrected chi connectivity index (χ4v) is 1.89. The van der Waals surface area contributed by atoms with Gasteiger partial charge in [0.2, 0.25) is 0 Å². The summed E-state index contributed by atoms with van der Waals surface area (Å²) in [4.78, 5) is 3.86. The van der Waals surface area contributed by atoms with Crippen LogP contribution in [0.2, 0.25) is 0 Å². The molecule has 3 aliphatic heterocycles. The molecule has 3 fully saturated rings. The normalized spacial score (nSPS) is 42.4. The topological polar surface area (TPSA) is 6.48 Å². The molecule has 4 heteroatoms. The minimum absolute atomic E-state index is 0.509. The third-order valence-electron chi connectivity index (χ3n) is 2.61. The van der Waals surface area contributed by atoms with E-state index in [0.717, 1.165) is 13.1 Å². The van der Waals surface area contributed by atoms with Crippen molar-refractivity contribution in [2.24, 2.45) is 0 Å². The molecule has 2 unspecified atom stereocenters. The van der Waals surface area contributed by atoms with Crippen LogP contribution in [-0.4, -0.2) is 50.8 Å². The average Bonchev–Trinajstić information content (AvgIpc) is 1.91. The molecule has 4 radical (unpaired) electrons. The van der Waals surface area contributed by atoms with Gasteiger partial charge in [0.25, 0.3) is 0 Å². The number of fused-ring (bicyclic) bond motifs is 3. The van der Waals surface area contributed by atoms with E-state index in [9.17, 15) is 0 Å². The third-order valence-corrected chi connectivity index (χ3v) is 2.61. The van der Waals surface area contributed by atoms with Gasteiger partial charge in [-0.25, -0.2) is 0 Å². The quantitative estimate of drug-likeness (QED) is 0.402. The molecule has 3 heterocycles. The Hall–Kier alpha value is 0.0499. The van der Waals surface area contributed by atoms with Gasteiger partial charge < -0.3 is 9.62 Å². The van der Waals surface area contributed by atoms with Crippen LogP contribution < -0.4 is 0 Å². The molecule has 50 valence electrons. The molecule has 0 aromatic carbocycles. The van der Waals surface area contributed by atoms with Gasteiger partial charge in [0.1, 0.15) is 0 Å². The summed E-state index contributed by atoms with van der Waals surface area (Å²) in [5, 5.41) is 0. The smallest absolute Gasteiger partial charge is 0.183 e. The Morgan fingerprint density at radius 3 is 1.50 bits per heavy atom. The first-order valence-electron chi connectivity index (χ1n) is 3.80. The summed E-state index contributed by atoms with van der Waals surface area (Å²) in [7, 11) is 11.5. The lowest BCUT2D eigenvalue weighted by Gasteiger charge is -2.50. The first-order chi connectivity index (χ1) is 4.77. The van der Waals surface area contributed by atoms with Crippen molar-refractivity contribution in [1.29, 1.82) is 0 Å². The van der Waals surface area contributed by atoms with Gasteiger partial charge in [0.15, 0.2) is 16.0 Å². The highest BCUT2D eigenvalue weighted by atomic mass is 15.2. The maximum atomic E-state index is 5.73. The molecule has 3 aliphatic rings. The van der Waals surface area contributed by atoms with Crippen LogP contribution in [0.4, 0.5) is 0 Å². The molecule has 0 N–H and O–H groups in total. The van der Waals surface area contributed by atoms with Gasteiger partial charge in [0.05, 0.1) is 0 Å². The average molecular weight is 132 g/mol. The second-order valence-electron chi connectivity index (χ2n) is 3.28. The van der Waals surface area contributed by atoms with E-state index in [2.05, 4.69) is 0 Å². The van der Waals surface area contributed by atoms with E-state index >= 15 is 0 Å². The molecule has 2 atom stereocenters. The lowest BCUT2D eigenvalue weighted by atomic mass is 9.86. The van der Waals surface area contributed by atoms with Gasteiger partial charge in [-0.05, 0) is 12.8 Å². The number of piperidine rings is 2. The molecule has 2 bridgehead atoms. The van der Waals surface area contributed by atoms with Crippen molar-refractivity contribution in [2.75, 3.05) is 13.1 Å². The zero-order valence-corrected chi connectivity index (χ0v) is 6.03. The standard InChI is InChI=1S/C6H10B2N2/c7-9-4-6-2-1-5(9)3-10(6)8/h5-6H,1-4H2. The largest absolute Gasteiger partial charge is 0.349 e. The number of piperazine rings is 1. The molecular formula is C6H10B2N2. The van der Waals surface area contributed by atoms with Crippen molar-refractivity contribution in [3.63, 3.8) is 0 Å². The predicted molar refractivity (Wildman–Crippen MR) is 41.7 cm³/mol. The third kappa shape index (κ3) is 0.903. The fraction of sp³-hybridized carbons (Fsp3) is 1.00. The Morgan fingerprint density at radius 1 is 0.900 bits per heavy atom. The summed E-state index contributed by atoms with van der Waals surface area (Å²) in [6, 6.07) is 1.02. The highest BCUT2D eigenvalue weighted by Crippen LogP contribution is 2.25. The SMILES string of the molecule is [B]N1CC2CCC1CN2[B]. The summed E-state index contributed by atoms with van der Waals surface area (Å²) in [6.45, 7) is 1.89. The highest BCUT2D eigenvalue weighted by Gasteiger charge is 2.33. The van der Waals surface area contributed by atoms with E-state index in [-0.39, 0.29) is 0 Å². The van der Waals surface area contributed by atoms with Gasteiger partial charge in [-0.1, -0.05) is 0 Å². The van der Waals surface area contributed by atoms with Crippen molar-refractivity contribution in [2.45, 2.75) is 24.9 Å². The molecule has 3 rings (SSSR count). The Bertz CT molecular complexity index is 126. The Kier molecular flexibility index (Phi) is 1.53. The van der Waals surface area contributed by atoms with Crippen molar-refractivity contribution in [1.82, 2.24) is 9.62 Å². The van der Waals surface area contributed by atoms with Crippen LogP contribution in [-0.2, 0) is 0 Å². The predicted octanol–water partition coefficient (Wildman–Crippen LogP) is -0.698. The van der Waals surface area contributed by atoms with E-state index in [1.54, 1.807) is 0 Å². The monoisotopic (exact) mass is 132 g/mol. The van der Waals surface area contributed by atoms with Gasteiger partial charge in [-0.2, -0.15) is 0 Å². The van der Waals surface area contributed by atoms with Crippen molar-refractivity contribution in [3.8, 4) is 0 Å². The van der Waals surface area contributed by atoms with Gasteiger partial charge in [0, 0.05) is 25.2 Å². The van der Waals surface area contributed by atoms with Crippen LogP contribution >= 0.6 is 0 Å². The van der Waals surface area contributed by atoms with E-state index in [1.165, 1.54) is 12.8 Å². The van der Waals surface area contributed by atoms with Crippen LogP contribution in [0.15, 0.2) is 0 Å². The first kappa shape index (κ1) is 6.74.